The number of thioether (sulfide) groups is 1. The van der Waals surface area contributed by atoms with Gasteiger partial charge < -0.3 is 10.2 Å². The van der Waals surface area contributed by atoms with Crippen molar-refractivity contribution in [1.82, 2.24) is 15.2 Å². The molecule has 120 valence electrons. The van der Waals surface area contributed by atoms with E-state index in [-0.39, 0.29) is 18.1 Å². The number of hydrogen-bond acceptors (Lipinski definition) is 5. The fourth-order valence-electron chi connectivity index (χ4n) is 3.24. The van der Waals surface area contributed by atoms with Gasteiger partial charge in [-0.15, -0.1) is 0 Å². The Labute approximate surface area is 144 Å². The summed E-state index contributed by atoms with van der Waals surface area (Å²) in [7, 11) is 0. The predicted octanol–water partition coefficient (Wildman–Crippen LogP) is 3.11. The summed E-state index contributed by atoms with van der Waals surface area (Å²) >= 11 is 7.76. The summed E-state index contributed by atoms with van der Waals surface area (Å²) in [6.45, 7) is 2.77. The highest BCUT2D eigenvalue weighted by Crippen LogP contribution is 2.39. The maximum Gasteiger partial charge on any atom is 0.281 e. The van der Waals surface area contributed by atoms with Crippen LogP contribution in [0.15, 0.2) is 40.6 Å². The molecule has 0 aliphatic carbocycles. The molecule has 3 heterocycles. The second-order valence-electron chi connectivity index (χ2n) is 5.86. The molecule has 0 bridgehead atoms. The van der Waals surface area contributed by atoms with E-state index in [9.17, 15) is 4.79 Å². The molecule has 3 aliphatic rings. The zero-order valence-electron chi connectivity index (χ0n) is 12.7. The second kappa shape index (κ2) is 5.76. The molecule has 1 N–H and O–H groups in total. The Hall–Kier alpha value is -1.66. The van der Waals surface area contributed by atoms with Gasteiger partial charge in [0, 0.05) is 17.8 Å². The number of carbonyl (C=O) groups excluding carboxylic acids is 1. The Morgan fingerprint density at radius 1 is 1.43 bits per heavy atom. The molecule has 1 fully saturated rings. The molecular weight excluding hydrogens is 332 g/mol. The van der Waals surface area contributed by atoms with Crippen LogP contribution in [0.1, 0.15) is 31.4 Å². The third-order valence-corrected chi connectivity index (χ3v) is 5.71. The molecule has 2 atom stereocenters. The van der Waals surface area contributed by atoms with E-state index in [0.717, 1.165) is 35.0 Å². The fraction of sp³-hybridized carbons (Fsp3) is 0.375. The third kappa shape index (κ3) is 2.50. The SMILES string of the molecule is CC1NC=C2SC(C(=O)N3CCCC3c3ccccc3Cl)=NN21. The minimum atomic E-state index is -0.0000743. The van der Waals surface area contributed by atoms with Crippen molar-refractivity contribution in [1.29, 1.82) is 0 Å². The van der Waals surface area contributed by atoms with Gasteiger partial charge in [0.2, 0.25) is 0 Å². The lowest BCUT2D eigenvalue weighted by atomic mass is 10.0. The van der Waals surface area contributed by atoms with Crippen LogP contribution >= 0.6 is 23.4 Å². The van der Waals surface area contributed by atoms with Crippen molar-refractivity contribution in [3.8, 4) is 0 Å². The average Bonchev–Trinajstić information content (AvgIpc) is 3.25. The third-order valence-electron chi connectivity index (χ3n) is 4.40. The number of nitrogens with zero attached hydrogens (tertiary/aromatic N) is 3. The zero-order valence-corrected chi connectivity index (χ0v) is 14.3. The number of hydrazone groups is 1. The second-order valence-corrected chi connectivity index (χ2v) is 7.27. The van der Waals surface area contributed by atoms with E-state index >= 15 is 0 Å². The molecule has 2 unspecified atom stereocenters. The molecule has 3 aliphatic heterocycles. The van der Waals surface area contributed by atoms with Gasteiger partial charge in [-0.05, 0) is 43.2 Å². The molecule has 1 aromatic carbocycles. The number of nitrogens with one attached hydrogen (secondary N) is 1. The van der Waals surface area contributed by atoms with E-state index in [4.69, 9.17) is 11.6 Å². The summed E-state index contributed by atoms with van der Waals surface area (Å²) in [6.07, 6.45) is 3.94. The maximum absolute atomic E-state index is 12.9. The van der Waals surface area contributed by atoms with Crippen molar-refractivity contribution in [2.45, 2.75) is 32.0 Å². The Morgan fingerprint density at radius 3 is 3.04 bits per heavy atom. The van der Waals surface area contributed by atoms with Gasteiger partial charge in [0.15, 0.2) is 5.04 Å². The molecule has 1 amide bonds. The van der Waals surface area contributed by atoms with Crippen molar-refractivity contribution in [2.24, 2.45) is 5.10 Å². The van der Waals surface area contributed by atoms with Crippen molar-refractivity contribution >= 4 is 34.3 Å². The minimum absolute atomic E-state index is 0.0000743. The van der Waals surface area contributed by atoms with E-state index in [0.29, 0.717) is 5.04 Å². The summed E-state index contributed by atoms with van der Waals surface area (Å²) in [6, 6.07) is 7.82. The lowest BCUT2D eigenvalue weighted by molar-refractivity contribution is -0.124. The van der Waals surface area contributed by atoms with E-state index in [1.807, 2.05) is 47.3 Å². The first-order chi connectivity index (χ1) is 11.1. The van der Waals surface area contributed by atoms with Gasteiger partial charge in [0.25, 0.3) is 5.91 Å². The monoisotopic (exact) mass is 348 g/mol. The summed E-state index contributed by atoms with van der Waals surface area (Å²) in [5.41, 5.74) is 1.03. The average molecular weight is 349 g/mol. The van der Waals surface area contributed by atoms with Gasteiger partial charge in [0.1, 0.15) is 11.2 Å². The highest BCUT2D eigenvalue weighted by Gasteiger charge is 2.38. The first-order valence-electron chi connectivity index (χ1n) is 7.72. The van der Waals surface area contributed by atoms with E-state index in [2.05, 4.69) is 10.4 Å². The van der Waals surface area contributed by atoms with Gasteiger partial charge in [-0.1, -0.05) is 29.8 Å². The van der Waals surface area contributed by atoms with Crippen LogP contribution < -0.4 is 5.32 Å². The molecule has 5 nitrogen and oxygen atoms in total. The van der Waals surface area contributed by atoms with Crippen LogP contribution in [0.5, 0.6) is 0 Å². The minimum Gasteiger partial charge on any atom is -0.368 e. The Balaban J connectivity index is 1.58. The molecule has 1 saturated heterocycles. The number of hydrogen-bond donors (Lipinski definition) is 1. The van der Waals surface area contributed by atoms with Gasteiger partial charge in [-0.25, -0.2) is 5.01 Å². The van der Waals surface area contributed by atoms with Crippen LogP contribution in [0.4, 0.5) is 0 Å². The van der Waals surface area contributed by atoms with Crippen molar-refractivity contribution in [3.63, 3.8) is 0 Å². The molecule has 4 rings (SSSR count). The predicted molar refractivity (Wildman–Crippen MR) is 92.7 cm³/mol. The quantitative estimate of drug-likeness (QED) is 0.892. The highest BCUT2D eigenvalue weighted by atomic mass is 35.5. The molecule has 0 saturated carbocycles. The maximum atomic E-state index is 12.9. The van der Waals surface area contributed by atoms with Crippen LogP contribution in [0.2, 0.25) is 5.02 Å². The molecule has 7 heteroatoms. The zero-order chi connectivity index (χ0) is 16.0. The highest BCUT2D eigenvalue weighted by molar-refractivity contribution is 8.19. The summed E-state index contributed by atoms with van der Waals surface area (Å²) in [4.78, 5) is 14.8. The van der Waals surface area contributed by atoms with E-state index in [1.54, 1.807) is 0 Å². The van der Waals surface area contributed by atoms with Crippen molar-refractivity contribution in [2.75, 3.05) is 6.54 Å². The molecule has 0 spiro atoms. The van der Waals surface area contributed by atoms with Crippen LogP contribution in [0, 0.1) is 0 Å². The van der Waals surface area contributed by atoms with E-state index < -0.39 is 0 Å². The molecular formula is C16H17ClN4OS. The largest absolute Gasteiger partial charge is 0.368 e. The van der Waals surface area contributed by atoms with Crippen molar-refractivity contribution < 1.29 is 4.79 Å². The van der Waals surface area contributed by atoms with Gasteiger partial charge >= 0.3 is 0 Å². The molecule has 0 aromatic heterocycles. The lowest BCUT2D eigenvalue weighted by Crippen LogP contribution is -2.35. The lowest BCUT2D eigenvalue weighted by Gasteiger charge is -2.25. The number of benzene rings is 1. The Morgan fingerprint density at radius 2 is 2.26 bits per heavy atom. The Bertz CT molecular complexity index is 720. The van der Waals surface area contributed by atoms with Crippen LogP contribution in [-0.2, 0) is 4.79 Å². The van der Waals surface area contributed by atoms with Crippen LogP contribution in [0.3, 0.4) is 0 Å². The first-order valence-corrected chi connectivity index (χ1v) is 8.92. The summed E-state index contributed by atoms with van der Waals surface area (Å²) in [5, 5.41) is 11.8. The number of carbonyl (C=O) groups is 1. The van der Waals surface area contributed by atoms with Gasteiger partial charge in [0.05, 0.1) is 6.04 Å². The smallest absolute Gasteiger partial charge is 0.281 e. The number of rotatable bonds is 2. The summed E-state index contributed by atoms with van der Waals surface area (Å²) in [5.74, 6) is -0.0000743. The molecule has 23 heavy (non-hydrogen) atoms. The summed E-state index contributed by atoms with van der Waals surface area (Å²) < 4.78 is 0. The Kier molecular flexibility index (Phi) is 3.73. The number of fused-ring (bicyclic) bond motifs is 1. The normalized spacial score (nSPS) is 26.0. The van der Waals surface area contributed by atoms with Gasteiger partial charge in [-0.2, -0.15) is 5.10 Å². The number of amides is 1. The van der Waals surface area contributed by atoms with Crippen LogP contribution in [0.25, 0.3) is 0 Å². The molecule has 1 aromatic rings. The standard InChI is InChI=1S/C16H17ClN4OS/c1-10-18-9-14-21(10)19-15(23-14)16(22)20-8-4-7-13(20)11-5-2-3-6-12(11)17/h2-3,5-6,9-10,13,18H,4,7-8H2,1H3. The van der Waals surface area contributed by atoms with Crippen molar-refractivity contribution in [3.05, 3.63) is 46.1 Å². The topological polar surface area (TPSA) is 47.9 Å². The number of likely N-dealkylation sites (tertiary alicyclic amines) is 1. The fourth-order valence-corrected chi connectivity index (χ4v) is 4.45. The van der Waals surface area contributed by atoms with Crippen LogP contribution in [-0.4, -0.2) is 33.6 Å². The van der Waals surface area contributed by atoms with Gasteiger partial charge in [-0.3, -0.25) is 4.79 Å². The van der Waals surface area contributed by atoms with E-state index in [1.165, 1.54) is 11.8 Å². The first kappa shape index (κ1) is 14.9. The number of halogens is 1. The molecule has 0 radical (unpaired) electrons.